The van der Waals surface area contributed by atoms with Crippen molar-refractivity contribution in [2.75, 3.05) is 19.7 Å². The van der Waals surface area contributed by atoms with Crippen molar-refractivity contribution < 1.29 is 4.74 Å². The molecule has 1 saturated heterocycles. The Kier molecular flexibility index (Phi) is 4.10. The number of hydrogen-bond acceptors (Lipinski definition) is 4. The second-order valence-electron chi connectivity index (χ2n) is 6.09. The van der Waals surface area contributed by atoms with E-state index in [1.54, 1.807) is 0 Å². The van der Waals surface area contributed by atoms with Crippen LogP contribution in [-0.2, 0) is 11.8 Å². The van der Waals surface area contributed by atoms with Gasteiger partial charge in [-0.25, -0.2) is 0 Å². The van der Waals surface area contributed by atoms with Crippen LogP contribution in [0.1, 0.15) is 43.0 Å². The van der Waals surface area contributed by atoms with Gasteiger partial charge < -0.3 is 10.5 Å². The summed E-state index contributed by atoms with van der Waals surface area (Å²) in [5.41, 5.74) is 8.49. The van der Waals surface area contributed by atoms with E-state index in [0.29, 0.717) is 18.7 Å². The van der Waals surface area contributed by atoms with E-state index in [-0.39, 0.29) is 6.04 Å². The molecule has 1 aliphatic heterocycles. The van der Waals surface area contributed by atoms with Gasteiger partial charge in [0, 0.05) is 37.9 Å². The van der Waals surface area contributed by atoms with Gasteiger partial charge in [-0.15, -0.1) is 0 Å². The first-order valence-corrected chi connectivity index (χ1v) is 7.78. The normalized spacial score (nSPS) is 29.1. The predicted octanol–water partition coefficient (Wildman–Crippen LogP) is 1.37. The zero-order valence-electron chi connectivity index (χ0n) is 12.6. The molecule has 0 amide bonds. The molecule has 5 nitrogen and oxygen atoms in total. The van der Waals surface area contributed by atoms with E-state index >= 15 is 0 Å². The first-order chi connectivity index (χ1) is 9.70. The molecule has 2 aliphatic rings. The second-order valence-corrected chi connectivity index (χ2v) is 6.09. The van der Waals surface area contributed by atoms with Crippen LogP contribution in [0.3, 0.4) is 0 Å². The maximum atomic E-state index is 6.12. The molecule has 2 heterocycles. The van der Waals surface area contributed by atoms with Gasteiger partial charge >= 0.3 is 0 Å². The number of aromatic nitrogens is 2. The van der Waals surface area contributed by atoms with E-state index in [2.05, 4.69) is 23.1 Å². The van der Waals surface area contributed by atoms with E-state index < -0.39 is 0 Å². The fraction of sp³-hybridized carbons (Fsp3) is 0.800. The van der Waals surface area contributed by atoms with Crippen LogP contribution >= 0.6 is 0 Å². The van der Waals surface area contributed by atoms with Gasteiger partial charge in [-0.05, 0) is 19.8 Å². The summed E-state index contributed by atoms with van der Waals surface area (Å²) in [4.78, 5) is 2.58. The van der Waals surface area contributed by atoms with Crippen molar-refractivity contribution in [3.63, 3.8) is 0 Å². The van der Waals surface area contributed by atoms with Crippen molar-refractivity contribution in [1.29, 1.82) is 0 Å². The summed E-state index contributed by atoms with van der Waals surface area (Å²) in [5.74, 6) is 0. The highest BCUT2D eigenvalue weighted by molar-refractivity contribution is 5.21. The first kappa shape index (κ1) is 14.0. The standard InChI is InChI=1S/C15H26N4O/c1-11-12(10-18(2)17-11)14(9-16)19-7-8-20-15-6-4-3-5-13(15)19/h10,13-15H,3-9,16H2,1-2H3. The summed E-state index contributed by atoms with van der Waals surface area (Å²) in [6.45, 7) is 4.54. The zero-order valence-corrected chi connectivity index (χ0v) is 12.6. The minimum absolute atomic E-state index is 0.276. The predicted molar refractivity (Wildman–Crippen MR) is 78.4 cm³/mol. The Morgan fingerprint density at radius 3 is 2.95 bits per heavy atom. The fourth-order valence-electron chi connectivity index (χ4n) is 3.90. The van der Waals surface area contributed by atoms with E-state index in [1.807, 2.05) is 11.7 Å². The number of morpholine rings is 1. The average molecular weight is 278 g/mol. The molecular formula is C15H26N4O. The molecule has 0 bridgehead atoms. The van der Waals surface area contributed by atoms with Gasteiger partial charge in [0.25, 0.3) is 0 Å². The Morgan fingerprint density at radius 2 is 2.25 bits per heavy atom. The van der Waals surface area contributed by atoms with Crippen LogP contribution in [-0.4, -0.2) is 46.5 Å². The number of ether oxygens (including phenoxy) is 1. The lowest BCUT2D eigenvalue weighted by Gasteiger charge is -2.47. The van der Waals surface area contributed by atoms with Crippen molar-refractivity contribution in [2.45, 2.75) is 50.8 Å². The summed E-state index contributed by atoms with van der Waals surface area (Å²) in [7, 11) is 1.98. The molecule has 3 unspecified atom stereocenters. The SMILES string of the molecule is Cc1nn(C)cc1C(CN)N1CCOC2CCCCC21. The monoisotopic (exact) mass is 278 g/mol. The molecular weight excluding hydrogens is 252 g/mol. The molecule has 1 aliphatic carbocycles. The smallest absolute Gasteiger partial charge is 0.0731 e. The number of fused-ring (bicyclic) bond motifs is 1. The van der Waals surface area contributed by atoms with E-state index in [1.165, 1.54) is 31.2 Å². The second kappa shape index (κ2) is 5.84. The molecule has 1 aromatic heterocycles. The van der Waals surface area contributed by atoms with Crippen LogP contribution in [0.2, 0.25) is 0 Å². The lowest BCUT2D eigenvalue weighted by molar-refractivity contribution is -0.102. The lowest BCUT2D eigenvalue weighted by atomic mass is 9.88. The molecule has 1 aromatic rings. The Labute approximate surface area is 121 Å². The van der Waals surface area contributed by atoms with Crippen LogP contribution in [0.5, 0.6) is 0 Å². The molecule has 0 radical (unpaired) electrons. The Balaban J connectivity index is 1.86. The fourth-order valence-corrected chi connectivity index (χ4v) is 3.90. The Hall–Kier alpha value is -0.910. The Bertz CT molecular complexity index is 457. The third-order valence-corrected chi connectivity index (χ3v) is 4.81. The largest absolute Gasteiger partial charge is 0.375 e. The average Bonchev–Trinajstić information content (AvgIpc) is 2.79. The van der Waals surface area contributed by atoms with E-state index in [0.717, 1.165) is 18.8 Å². The lowest BCUT2D eigenvalue weighted by Crippen LogP contribution is -2.54. The van der Waals surface area contributed by atoms with E-state index in [4.69, 9.17) is 10.5 Å². The van der Waals surface area contributed by atoms with Crippen LogP contribution in [0, 0.1) is 6.92 Å². The molecule has 2 N–H and O–H groups in total. The van der Waals surface area contributed by atoms with Crippen LogP contribution in [0.15, 0.2) is 6.20 Å². The van der Waals surface area contributed by atoms with Crippen molar-refractivity contribution in [3.05, 3.63) is 17.5 Å². The highest BCUT2D eigenvalue weighted by atomic mass is 16.5. The molecule has 20 heavy (non-hydrogen) atoms. The molecule has 3 rings (SSSR count). The summed E-state index contributed by atoms with van der Waals surface area (Å²) in [6.07, 6.45) is 7.58. The molecule has 0 aromatic carbocycles. The molecule has 1 saturated carbocycles. The minimum atomic E-state index is 0.276. The van der Waals surface area contributed by atoms with Gasteiger partial charge in [-0.2, -0.15) is 5.10 Å². The summed E-state index contributed by atoms with van der Waals surface area (Å²) in [6, 6.07) is 0.809. The highest BCUT2D eigenvalue weighted by Crippen LogP contribution is 2.34. The van der Waals surface area contributed by atoms with Crippen molar-refractivity contribution in [2.24, 2.45) is 12.8 Å². The maximum Gasteiger partial charge on any atom is 0.0731 e. The minimum Gasteiger partial charge on any atom is -0.375 e. The van der Waals surface area contributed by atoms with E-state index in [9.17, 15) is 0 Å². The van der Waals surface area contributed by atoms with Gasteiger partial charge in [0.1, 0.15) is 0 Å². The van der Waals surface area contributed by atoms with Crippen LogP contribution in [0.4, 0.5) is 0 Å². The molecule has 2 fully saturated rings. The van der Waals surface area contributed by atoms with Gasteiger partial charge in [0.15, 0.2) is 0 Å². The summed E-state index contributed by atoms with van der Waals surface area (Å²) >= 11 is 0. The van der Waals surface area contributed by atoms with Crippen LogP contribution < -0.4 is 5.73 Å². The number of nitrogens with two attached hydrogens (primary N) is 1. The maximum absolute atomic E-state index is 6.12. The van der Waals surface area contributed by atoms with Crippen LogP contribution in [0.25, 0.3) is 0 Å². The van der Waals surface area contributed by atoms with Gasteiger partial charge in [0.05, 0.1) is 24.4 Å². The molecule has 5 heteroatoms. The topological polar surface area (TPSA) is 56.3 Å². The number of aryl methyl sites for hydroxylation is 2. The highest BCUT2D eigenvalue weighted by Gasteiger charge is 2.38. The van der Waals surface area contributed by atoms with Crippen molar-refractivity contribution in [1.82, 2.24) is 14.7 Å². The quantitative estimate of drug-likeness (QED) is 0.907. The Morgan fingerprint density at radius 1 is 1.45 bits per heavy atom. The number of rotatable bonds is 3. The van der Waals surface area contributed by atoms with Gasteiger partial charge in [-0.3, -0.25) is 9.58 Å². The summed E-state index contributed by atoms with van der Waals surface area (Å²) in [5, 5.41) is 4.48. The van der Waals surface area contributed by atoms with Gasteiger partial charge in [-0.1, -0.05) is 12.8 Å². The molecule has 112 valence electrons. The van der Waals surface area contributed by atoms with Crippen molar-refractivity contribution in [3.8, 4) is 0 Å². The summed E-state index contributed by atoms with van der Waals surface area (Å²) < 4.78 is 7.87. The molecule has 3 atom stereocenters. The van der Waals surface area contributed by atoms with Gasteiger partial charge in [0.2, 0.25) is 0 Å². The number of nitrogens with zero attached hydrogens (tertiary/aromatic N) is 3. The third kappa shape index (κ3) is 2.50. The first-order valence-electron chi connectivity index (χ1n) is 7.78. The molecule has 0 spiro atoms. The number of hydrogen-bond donors (Lipinski definition) is 1. The van der Waals surface area contributed by atoms with Crippen molar-refractivity contribution >= 4 is 0 Å². The third-order valence-electron chi connectivity index (χ3n) is 4.81. The zero-order chi connectivity index (χ0) is 14.1.